The molecule has 0 aliphatic rings. The predicted molar refractivity (Wildman–Crippen MR) is 43.4 cm³/mol. The summed E-state index contributed by atoms with van der Waals surface area (Å²) in [4.78, 5) is 0. The molecule has 1 atom stereocenters. The van der Waals surface area contributed by atoms with Crippen LogP contribution in [0, 0.1) is 0 Å². The van der Waals surface area contributed by atoms with Crippen LogP contribution in [0.1, 0.15) is 6.92 Å². The third-order valence-electron chi connectivity index (χ3n) is 1.41. The lowest BCUT2D eigenvalue weighted by molar-refractivity contribution is 1.37. The van der Waals surface area contributed by atoms with Gasteiger partial charge in [-0.2, -0.15) is 0 Å². The monoisotopic (exact) mass is 118 g/mol. The largest absolute Gasteiger partial charge is 0.255 e. The molecule has 0 saturated carbocycles. The van der Waals surface area contributed by atoms with Gasteiger partial charge in [-0.1, -0.05) is 6.92 Å². The Morgan fingerprint density at radius 3 is 1.43 bits per heavy atom. The van der Waals surface area contributed by atoms with Crippen LogP contribution in [0.5, 0.6) is 0 Å². The van der Waals surface area contributed by atoms with E-state index in [2.05, 4.69) is 33.5 Å². The molecule has 0 rings (SSSR count). The van der Waals surface area contributed by atoms with Gasteiger partial charge in [0, 0.05) is 0 Å². The molecule has 0 radical (unpaired) electrons. The summed E-state index contributed by atoms with van der Waals surface area (Å²) in [5.41, 5.74) is 0. The predicted octanol–water partition coefficient (Wildman–Crippen LogP) is 0.659. The average Bonchev–Trinajstić information content (AvgIpc) is 1.31. The number of rotatable bonds is 1. The van der Waals surface area contributed by atoms with Crippen molar-refractivity contribution in [2.24, 2.45) is 0 Å². The summed E-state index contributed by atoms with van der Waals surface area (Å²) in [6, 6.07) is 0. The van der Waals surface area contributed by atoms with E-state index >= 15 is 0 Å². The van der Waals surface area contributed by atoms with Gasteiger partial charge in [-0.15, -0.1) is 0 Å². The van der Waals surface area contributed by atoms with Crippen molar-refractivity contribution in [3.63, 3.8) is 0 Å². The smallest absolute Gasteiger partial charge is 0.116 e. The first kappa shape index (κ1) is 7.41. The van der Waals surface area contributed by atoms with Crippen molar-refractivity contribution in [2.75, 3.05) is 18.8 Å². The van der Waals surface area contributed by atoms with E-state index < -0.39 is 0 Å². The normalized spacial score (nSPS) is 18.9. The molecule has 0 N–H and O–H groups in total. The maximum atomic E-state index is 2.34. The molecule has 0 heterocycles. The van der Waals surface area contributed by atoms with Crippen molar-refractivity contribution in [3.05, 3.63) is 0 Å². The van der Waals surface area contributed by atoms with E-state index in [-0.39, 0.29) is 10.0 Å². The van der Waals surface area contributed by atoms with Crippen LogP contribution in [-0.2, 0) is 0 Å². The summed E-state index contributed by atoms with van der Waals surface area (Å²) in [6.07, 6.45) is 7.03. The van der Waals surface area contributed by atoms with Gasteiger partial charge < -0.3 is 0 Å². The van der Waals surface area contributed by atoms with Crippen LogP contribution in [0.4, 0.5) is 0 Å². The third-order valence-corrected chi connectivity index (χ3v) is 4.24. The zero-order valence-electron chi connectivity index (χ0n) is 5.99. The topological polar surface area (TPSA) is 0 Å². The zero-order valence-corrected chi connectivity index (χ0v) is 6.80. The van der Waals surface area contributed by atoms with Crippen molar-refractivity contribution < 1.29 is 0 Å². The van der Waals surface area contributed by atoms with E-state index in [1.54, 1.807) is 0 Å². The summed E-state index contributed by atoms with van der Waals surface area (Å²) < 4.78 is 0. The third kappa shape index (κ3) is 3.04. The molecule has 0 fully saturated rings. The Hall–Kier alpha value is 0.415. The molecule has 0 spiro atoms. The second-order valence-electron chi connectivity index (χ2n) is 2.98. The lowest BCUT2D eigenvalue weighted by atomic mass is 10.1. The zero-order chi connectivity index (χ0) is 6.08. The molecule has 1 unspecified atom stereocenters. The molecule has 2 heteroatoms. The summed E-state index contributed by atoms with van der Waals surface area (Å²) >= 11 is 0. The van der Waals surface area contributed by atoms with Gasteiger partial charge in [0.05, 0.1) is 0 Å². The lowest BCUT2D eigenvalue weighted by Gasteiger charge is -2.30. The standard InChI is InChI=1S/C5H15BS/c1-5(6)7(2,3)4/h5H,6H2,1-4H3. The highest BCUT2D eigenvalue weighted by Crippen LogP contribution is 2.38. The molecule has 44 valence electrons. The van der Waals surface area contributed by atoms with Gasteiger partial charge in [0.2, 0.25) is 0 Å². The molecule has 7 heavy (non-hydrogen) atoms. The quantitative estimate of drug-likeness (QED) is 0.443. The Labute approximate surface area is 49.4 Å². The number of hydrogen-bond acceptors (Lipinski definition) is 0. The Bertz CT molecular complexity index is 53.6. The summed E-state index contributed by atoms with van der Waals surface area (Å²) in [5.74, 6) is 0. The average molecular weight is 118 g/mol. The number of hydrogen-bond donors (Lipinski definition) is 0. The summed E-state index contributed by atoms with van der Waals surface area (Å²) in [7, 11) is 2.05. The van der Waals surface area contributed by atoms with Crippen molar-refractivity contribution in [2.45, 2.75) is 12.1 Å². The lowest BCUT2D eigenvalue weighted by Crippen LogP contribution is -2.10. The second kappa shape index (κ2) is 2.12. The fourth-order valence-electron chi connectivity index (χ4n) is 0. The van der Waals surface area contributed by atoms with E-state index in [0.29, 0.717) is 0 Å². The Kier molecular flexibility index (Phi) is 2.25. The first-order valence-corrected chi connectivity index (χ1v) is 5.54. The van der Waals surface area contributed by atoms with Gasteiger partial charge in [0.1, 0.15) is 7.85 Å². The van der Waals surface area contributed by atoms with Crippen LogP contribution in [0.3, 0.4) is 0 Å². The van der Waals surface area contributed by atoms with Crippen LogP contribution in [0.15, 0.2) is 0 Å². The first-order valence-electron chi connectivity index (χ1n) is 2.62. The summed E-state index contributed by atoms with van der Waals surface area (Å²) in [5, 5.41) is 0.882. The van der Waals surface area contributed by atoms with E-state index in [9.17, 15) is 0 Å². The van der Waals surface area contributed by atoms with E-state index in [1.165, 1.54) is 0 Å². The molecule has 0 aliphatic heterocycles. The molecule has 0 saturated heterocycles. The molecular weight excluding hydrogens is 103 g/mol. The van der Waals surface area contributed by atoms with Crippen molar-refractivity contribution >= 4 is 17.9 Å². The first-order chi connectivity index (χ1) is 2.94. The molecule has 0 amide bonds. The van der Waals surface area contributed by atoms with Crippen LogP contribution < -0.4 is 0 Å². The van der Waals surface area contributed by atoms with Gasteiger partial charge in [-0.05, 0) is 23.9 Å². The highest BCUT2D eigenvalue weighted by Gasteiger charge is 2.07. The minimum absolute atomic E-state index is 0.241. The van der Waals surface area contributed by atoms with Gasteiger partial charge in [-0.25, -0.2) is 0 Å². The Morgan fingerprint density at radius 1 is 1.29 bits per heavy atom. The van der Waals surface area contributed by atoms with Crippen LogP contribution in [0.25, 0.3) is 0 Å². The van der Waals surface area contributed by atoms with Crippen LogP contribution in [-0.4, -0.2) is 31.8 Å². The van der Waals surface area contributed by atoms with Crippen molar-refractivity contribution in [3.8, 4) is 0 Å². The van der Waals surface area contributed by atoms with Gasteiger partial charge >= 0.3 is 0 Å². The second-order valence-corrected chi connectivity index (χ2v) is 7.79. The van der Waals surface area contributed by atoms with Gasteiger partial charge in [0.25, 0.3) is 0 Å². The molecule has 0 aromatic heterocycles. The molecule has 0 bridgehead atoms. The van der Waals surface area contributed by atoms with E-state index in [1.807, 2.05) is 0 Å². The molecule has 0 aromatic rings. The van der Waals surface area contributed by atoms with Crippen LogP contribution in [0.2, 0.25) is 0 Å². The van der Waals surface area contributed by atoms with Gasteiger partial charge in [-0.3, -0.25) is 10.0 Å². The maximum absolute atomic E-state index is 2.34. The van der Waals surface area contributed by atoms with E-state index in [0.717, 1.165) is 5.15 Å². The molecule has 0 aliphatic carbocycles. The Morgan fingerprint density at radius 2 is 1.43 bits per heavy atom. The highest BCUT2D eigenvalue weighted by molar-refractivity contribution is 8.33. The molecule has 0 aromatic carbocycles. The van der Waals surface area contributed by atoms with Gasteiger partial charge in [0.15, 0.2) is 0 Å². The minimum Gasteiger partial charge on any atom is -0.255 e. The maximum Gasteiger partial charge on any atom is 0.116 e. The highest BCUT2D eigenvalue weighted by atomic mass is 32.3. The fraction of sp³-hybridized carbons (Fsp3) is 1.00. The Balaban J connectivity index is 3.54. The van der Waals surface area contributed by atoms with E-state index in [4.69, 9.17) is 0 Å². The fourth-order valence-corrected chi connectivity index (χ4v) is 0. The van der Waals surface area contributed by atoms with Crippen molar-refractivity contribution in [1.29, 1.82) is 0 Å². The van der Waals surface area contributed by atoms with Crippen LogP contribution >= 0.6 is 10.0 Å². The molecular formula is C5H15BS. The van der Waals surface area contributed by atoms with Crippen molar-refractivity contribution in [1.82, 2.24) is 0 Å². The molecule has 0 nitrogen and oxygen atoms in total. The minimum atomic E-state index is -0.241. The SMILES string of the molecule is BC(C)S(C)(C)C. The summed E-state index contributed by atoms with van der Waals surface area (Å²) in [6.45, 7) is 2.29.